The van der Waals surface area contributed by atoms with E-state index in [1.54, 1.807) is 0 Å². The fourth-order valence-electron chi connectivity index (χ4n) is 3.44. The van der Waals surface area contributed by atoms with Crippen LogP contribution in [0.25, 0.3) is 0 Å². The van der Waals surface area contributed by atoms with Crippen LogP contribution in [0, 0.1) is 0 Å². The highest BCUT2D eigenvalue weighted by molar-refractivity contribution is 5.82. The lowest BCUT2D eigenvalue weighted by Crippen LogP contribution is -2.37. The Hall–Kier alpha value is -1.89. The van der Waals surface area contributed by atoms with Crippen LogP contribution in [-0.2, 0) is 29.1 Å². The van der Waals surface area contributed by atoms with Gasteiger partial charge < -0.3 is 15.5 Å². The lowest BCUT2D eigenvalue weighted by atomic mass is 10.2. The van der Waals surface area contributed by atoms with Crippen molar-refractivity contribution in [1.29, 1.82) is 0 Å². The van der Waals surface area contributed by atoms with Crippen LogP contribution in [0.15, 0.2) is 6.07 Å². The van der Waals surface area contributed by atoms with Crippen LogP contribution in [0.5, 0.6) is 0 Å². The van der Waals surface area contributed by atoms with Crippen molar-refractivity contribution in [1.82, 2.24) is 25.3 Å². The molecule has 0 saturated carbocycles. The number of carbonyl (C=O) groups is 2. The number of fused-ring (bicyclic) bond motifs is 1. The van der Waals surface area contributed by atoms with Gasteiger partial charge in [0, 0.05) is 45.4 Å². The second-order valence-electron chi connectivity index (χ2n) is 6.69. The van der Waals surface area contributed by atoms with E-state index in [2.05, 4.69) is 28.7 Å². The minimum atomic E-state index is -0.0422. The first-order valence-electron chi connectivity index (χ1n) is 8.99. The van der Waals surface area contributed by atoms with Crippen molar-refractivity contribution in [2.45, 2.75) is 58.2 Å². The maximum atomic E-state index is 12.2. The van der Waals surface area contributed by atoms with E-state index in [-0.39, 0.29) is 17.9 Å². The molecule has 1 saturated heterocycles. The molecule has 2 aliphatic heterocycles. The van der Waals surface area contributed by atoms with Gasteiger partial charge in [-0.1, -0.05) is 6.92 Å². The molecule has 2 N–H and O–H groups in total. The van der Waals surface area contributed by atoms with E-state index >= 15 is 0 Å². The fraction of sp³-hybridized carbons (Fsp3) is 0.706. The number of amides is 2. The molecule has 0 aromatic carbocycles. The summed E-state index contributed by atoms with van der Waals surface area (Å²) in [7, 11) is 0. The van der Waals surface area contributed by atoms with Crippen molar-refractivity contribution < 1.29 is 9.59 Å². The van der Waals surface area contributed by atoms with E-state index in [9.17, 15) is 9.59 Å². The second-order valence-corrected chi connectivity index (χ2v) is 6.69. The number of aromatic nitrogens is 2. The SMILES string of the molecule is CCCN1CC(NC(=O)CCc2cc3n(n2)CCCNC3)CC1=O. The summed E-state index contributed by atoms with van der Waals surface area (Å²) < 4.78 is 2.05. The Labute approximate surface area is 142 Å². The average Bonchev–Trinajstić information content (AvgIpc) is 3.02. The summed E-state index contributed by atoms with van der Waals surface area (Å²) in [6, 6.07) is 2.05. The minimum Gasteiger partial charge on any atom is -0.351 e. The summed E-state index contributed by atoms with van der Waals surface area (Å²) in [5.41, 5.74) is 2.17. The highest BCUT2D eigenvalue weighted by Gasteiger charge is 2.29. The van der Waals surface area contributed by atoms with Gasteiger partial charge in [0.25, 0.3) is 0 Å². The van der Waals surface area contributed by atoms with Gasteiger partial charge in [0.1, 0.15) is 0 Å². The van der Waals surface area contributed by atoms with Gasteiger partial charge in [-0.25, -0.2) is 0 Å². The zero-order valence-electron chi connectivity index (χ0n) is 14.4. The normalized spacial score (nSPS) is 20.8. The standard InChI is InChI=1S/C17H27N5O2/c1-2-7-21-12-14(10-17(21)24)19-16(23)5-4-13-9-15-11-18-6-3-8-22(15)20-13/h9,14,18H,2-8,10-12H2,1H3,(H,19,23). The van der Waals surface area contributed by atoms with Crippen LogP contribution in [0.3, 0.4) is 0 Å². The Balaban J connectivity index is 1.45. The molecule has 0 aliphatic carbocycles. The van der Waals surface area contributed by atoms with Gasteiger partial charge in [-0.3, -0.25) is 14.3 Å². The lowest BCUT2D eigenvalue weighted by molar-refractivity contribution is -0.127. The molecule has 24 heavy (non-hydrogen) atoms. The summed E-state index contributed by atoms with van der Waals surface area (Å²) in [6.45, 7) is 6.28. The summed E-state index contributed by atoms with van der Waals surface area (Å²) in [5, 5.41) is 11.0. The largest absolute Gasteiger partial charge is 0.351 e. The van der Waals surface area contributed by atoms with E-state index in [1.807, 2.05) is 9.58 Å². The molecular weight excluding hydrogens is 306 g/mol. The number of nitrogens with one attached hydrogen (secondary N) is 2. The predicted octanol–water partition coefficient (Wildman–Crippen LogP) is 0.436. The van der Waals surface area contributed by atoms with Gasteiger partial charge in [-0.05, 0) is 25.5 Å². The molecule has 0 spiro atoms. The second kappa shape index (κ2) is 7.79. The predicted molar refractivity (Wildman–Crippen MR) is 90.3 cm³/mol. The van der Waals surface area contributed by atoms with E-state index < -0.39 is 0 Å². The zero-order valence-corrected chi connectivity index (χ0v) is 14.4. The minimum absolute atomic E-state index is 0.00691. The van der Waals surface area contributed by atoms with Gasteiger partial charge in [-0.15, -0.1) is 0 Å². The molecule has 3 rings (SSSR count). The summed E-state index contributed by atoms with van der Waals surface area (Å²) >= 11 is 0. The van der Waals surface area contributed by atoms with Crippen molar-refractivity contribution in [2.75, 3.05) is 19.6 Å². The van der Waals surface area contributed by atoms with Gasteiger partial charge in [0.05, 0.1) is 17.4 Å². The van der Waals surface area contributed by atoms with E-state index in [4.69, 9.17) is 0 Å². The van der Waals surface area contributed by atoms with Crippen molar-refractivity contribution in [3.8, 4) is 0 Å². The summed E-state index contributed by atoms with van der Waals surface area (Å²) in [6.07, 6.45) is 3.52. The Morgan fingerprint density at radius 3 is 3.21 bits per heavy atom. The Morgan fingerprint density at radius 2 is 2.38 bits per heavy atom. The molecule has 0 radical (unpaired) electrons. The fourth-order valence-corrected chi connectivity index (χ4v) is 3.44. The van der Waals surface area contributed by atoms with Crippen LogP contribution in [0.4, 0.5) is 0 Å². The smallest absolute Gasteiger partial charge is 0.224 e. The molecule has 7 nitrogen and oxygen atoms in total. The highest BCUT2D eigenvalue weighted by atomic mass is 16.2. The van der Waals surface area contributed by atoms with Gasteiger partial charge in [0.2, 0.25) is 11.8 Å². The topological polar surface area (TPSA) is 79.3 Å². The van der Waals surface area contributed by atoms with Gasteiger partial charge in [0.15, 0.2) is 0 Å². The molecule has 7 heteroatoms. The molecule has 1 aromatic rings. The van der Waals surface area contributed by atoms with E-state index in [0.717, 1.165) is 44.7 Å². The van der Waals surface area contributed by atoms with Crippen molar-refractivity contribution >= 4 is 11.8 Å². The lowest BCUT2D eigenvalue weighted by Gasteiger charge is -2.15. The number of hydrogen-bond donors (Lipinski definition) is 2. The molecule has 1 unspecified atom stereocenters. The maximum Gasteiger partial charge on any atom is 0.224 e. The zero-order chi connectivity index (χ0) is 16.9. The van der Waals surface area contributed by atoms with Crippen LogP contribution in [-0.4, -0.2) is 52.2 Å². The third-order valence-corrected chi connectivity index (χ3v) is 4.62. The molecular formula is C17H27N5O2. The molecule has 1 fully saturated rings. The van der Waals surface area contributed by atoms with Crippen molar-refractivity contribution in [2.24, 2.45) is 0 Å². The maximum absolute atomic E-state index is 12.2. The first-order chi connectivity index (χ1) is 11.7. The monoisotopic (exact) mass is 333 g/mol. The first-order valence-corrected chi connectivity index (χ1v) is 8.99. The quantitative estimate of drug-likeness (QED) is 0.792. The van der Waals surface area contributed by atoms with Gasteiger partial charge in [-0.2, -0.15) is 5.10 Å². The van der Waals surface area contributed by atoms with Crippen LogP contribution in [0.2, 0.25) is 0 Å². The molecule has 132 valence electrons. The summed E-state index contributed by atoms with van der Waals surface area (Å²) in [5.74, 6) is 0.153. The molecule has 1 aromatic heterocycles. The number of likely N-dealkylation sites (tertiary alicyclic amines) is 1. The van der Waals surface area contributed by atoms with Crippen LogP contribution in [0.1, 0.15) is 44.0 Å². The third-order valence-electron chi connectivity index (χ3n) is 4.62. The third kappa shape index (κ3) is 4.14. The average molecular weight is 333 g/mol. The number of aryl methyl sites for hydroxylation is 2. The molecule has 2 amide bonds. The number of rotatable bonds is 6. The van der Waals surface area contributed by atoms with Crippen molar-refractivity contribution in [3.63, 3.8) is 0 Å². The number of hydrogen-bond acceptors (Lipinski definition) is 4. The highest BCUT2D eigenvalue weighted by Crippen LogP contribution is 2.13. The van der Waals surface area contributed by atoms with Crippen LogP contribution >= 0.6 is 0 Å². The van der Waals surface area contributed by atoms with E-state index in [1.165, 1.54) is 5.69 Å². The molecule has 2 aliphatic rings. The first kappa shape index (κ1) is 17.0. The van der Waals surface area contributed by atoms with Crippen molar-refractivity contribution in [3.05, 3.63) is 17.5 Å². The molecule has 0 bridgehead atoms. The molecule has 3 heterocycles. The number of nitrogens with zero attached hydrogens (tertiary/aromatic N) is 3. The Morgan fingerprint density at radius 1 is 1.50 bits per heavy atom. The van der Waals surface area contributed by atoms with Crippen LogP contribution < -0.4 is 10.6 Å². The van der Waals surface area contributed by atoms with Gasteiger partial charge >= 0.3 is 0 Å². The van der Waals surface area contributed by atoms with E-state index in [0.29, 0.717) is 25.8 Å². The summed E-state index contributed by atoms with van der Waals surface area (Å²) in [4.78, 5) is 25.8. The number of carbonyl (C=O) groups excluding carboxylic acids is 2. The Kier molecular flexibility index (Phi) is 5.50. The Bertz CT molecular complexity index is 574. The molecule has 1 atom stereocenters.